The van der Waals surface area contributed by atoms with E-state index in [9.17, 15) is 26.2 Å². The molecule has 2 aromatic rings. The van der Waals surface area contributed by atoms with Crippen LogP contribution in [0.4, 0.5) is 0 Å². The highest BCUT2D eigenvalue weighted by molar-refractivity contribution is 7.89. The van der Waals surface area contributed by atoms with Gasteiger partial charge in [0.15, 0.2) is 0 Å². The summed E-state index contributed by atoms with van der Waals surface area (Å²) in [5, 5.41) is 1.47. The first-order chi connectivity index (χ1) is 19.5. The summed E-state index contributed by atoms with van der Waals surface area (Å²) in [6, 6.07) is 16.0. The van der Waals surface area contributed by atoms with Crippen molar-refractivity contribution >= 4 is 37.1 Å². The minimum atomic E-state index is -5.12. The van der Waals surface area contributed by atoms with Gasteiger partial charge in [-0.05, 0) is 44.5 Å². The first-order valence-electron chi connectivity index (χ1n) is 12.9. The largest absolute Gasteiger partial charge is 0.744 e. The van der Waals surface area contributed by atoms with Gasteiger partial charge in [0.2, 0.25) is 15.4 Å². The predicted octanol–water partition coefficient (Wildman–Crippen LogP) is 3.32. The Morgan fingerprint density at radius 1 is 1.02 bits per heavy atom. The van der Waals surface area contributed by atoms with Gasteiger partial charge in [-0.25, -0.2) is 30.9 Å². The molecular weight excluding hydrogens is 568 g/mol. The summed E-state index contributed by atoms with van der Waals surface area (Å²) in [7, 11) is -9.31. The predicted molar refractivity (Wildman–Crippen MR) is 154 cm³/mol. The molecular formula is C29H30N2O8S2. The SMILES string of the molecule is C=CC(=O)OCCCNS(=O)(=O)c1ccc(-c2c3ccc(=[N+](CC)CC)cc-3oc3ccccc23)c(S(=O)(=O)[O-])c1. The molecule has 1 aliphatic heterocycles. The number of carbonyl (C=O) groups is 1. The van der Waals surface area contributed by atoms with Crippen molar-refractivity contribution in [2.75, 3.05) is 26.2 Å². The van der Waals surface area contributed by atoms with Crippen molar-refractivity contribution in [2.45, 2.75) is 30.1 Å². The van der Waals surface area contributed by atoms with Crippen LogP contribution in [0.3, 0.4) is 0 Å². The number of nitrogens with one attached hydrogen (secondary N) is 1. The van der Waals surface area contributed by atoms with Gasteiger partial charge in [-0.2, -0.15) is 0 Å². The highest BCUT2D eigenvalue weighted by atomic mass is 32.2. The van der Waals surface area contributed by atoms with E-state index in [4.69, 9.17) is 9.15 Å². The van der Waals surface area contributed by atoms with Gasteiger partial charge in [-0.1, -0.05) is 30.8 Å². The van der Waals surface area contributed by atoms with Crippen LogP contribution in [-0.2, 0) is 29.7 Å². The maximum atomic E-state index is 12.9. The summed E-state index contributed by atoms with van der Waals surface area (Å²) >= 11 is 0. The maximum Gasteiger partial charge on any atom is 0.330 e. The third-order valence-corrected chi connectivity index (χ3v) is 8.90. The number of hydrogen-bond acceptors (Lipinski definition) is 8. The lowest BCUT2D eigenvalue weighted by Crippen LogP contribution is -2.29. The molecule has 0 amide bonds. The van der Waals surface area contributed by atoms with Crippen LogP contribution < -0.4 is 14.7 Å². The van der Waals surface area contributed by atoms with E-state index in [1.165, 1.54) is 12.1 Å². The number of hydrogen-bond donors (Lipinski definition) is 1. The second-order valence-corrected chi connectivity index (χ2v) is 12.2. The molecule has 0 saturated carbocycles. The zero-order chi connectivity index (χ0) is 29.8. The maximum absolute atomic E-state index is 12.9. The van der Waals surface area contributed by atoms with E-state index < -0.39 is 35.9 Å². The Morgan fingerprint density at radius 2 is 1.73 bits per heavy atom. The standard InChI is InChI=1S/C29H30N2O8S2/c1-4-28(32)38-17-9-16-30-40(33,34)21-13-15-24(27(19-21)41(35,36)37)29-22-10-7-8-11-25(22)39-26-18-20(12-14-23(26)29)31(5-2)6-3/h4,7-8,10-15,18-19,30H,1,5-6,9,16-17H2,2-3H3. The van der Waals surface area contributed by atoms with Gasteiger partial charge in [0.25, 0.3) is 0 Å². The fraction of sp³-hybridized carbons (Fsp3) is 0.241. The average Bonchev–Trinajstić information content (AvgIpc) is 2.95. The van der Waals surface area contributed by atoms with Crippen molar-refractivity contribution in [3.8, 4) is 22.5 Å². The first kappa shape index (κ1) is 30.1. The molecule has 216 valence electrons. The molecule has 0 unspecified atom stereocenters. The fourth-order valence-corrected chi connectivity index (χ4v) is 6.47. The molecule has 1 aliphatic carbocycles. The summed E-state index contributed by atoms with van der Waals surface area (Å²) in [6.07, 6.45) is 1.17. The quantitative estimate of drug-likeness (QED) is 0.0691. The highest BCUT2D eigenvalue weighted by Gasteiger charge is 2.24. The number of para-hydroxylation sites is 1. The Labute approximate surface area is 238 Å². The van der Waals surface area contributed by atoms with Gasteiger partial charge < -0.3 is 13.7 Å². The monoisotopic (exact) mass is 598 g/mol. The summed E-state index contributed by atoms with van der Waals surface area (Å²) in [6.45, 7) is 8.76. The molecule has 0 saturated heterocycles. The lowest BCUT2D eigenvalue weighted by molar-refractivity contribution is -0.137. The van der Waals surface area contributed by atoms with Crippen LogP contribution in [0.25, 0.3) is 33.4 Å². The number of rotatable bonds is 11. The smallest absolute Gasteiger partial charge is 0.330 e. The topological polar surface area (TPSA) is 146 Å². The molecule has 0 bridgehead atoms. The van der Waals surface area contributed by atoms with Crippen molar-refractivity contribution < 1.29 is 35.3 Å². The molecule has 2 aliphatic rings. The zero-order valence-electron chi connectivity index (χ0n) is 22.6. The zero-order valence-corrected chi connectivity index (χ0v) is 24.3. The molecule has 41 heavy (non-hydrogen) atoms. The number of nitrogens with zero attached hydrogens (tertiary/aromatic N) is 1. The lowest BCUT2D eigenvalue weighted by Gasteiger charge is -2.20. The van der Waals surface area contributed by atoms with Crippen molar-refractivity contribution in [2.24, 2.45) is 0 Å². The molecule has 12 heteroatoms. The molecule has 0 radical (unpaired) electrons. The fourth-order valence-electron chi connectivity index (χ4n) is 4.58. The van der Waals surface area contributed by atoms with E-state index in [1.807, 2.05) is 26.0 Å². The molecule has 0 spiro atoms. The van der Waals surface area contributed by atoms with Gasteiger partial charge in [-0.15, -0.1) is 0 Å². The molecule has 1 heterocycles. The van der Waals surface area contributed by atoms with E-state index in [0.29, 0.717) is 27.9 Å². The number of sulfonamides is 1. The number of benzene rings is 3. The highest BCUT2D eigenvalue weighted by Crippen LogP contribution is 2.42. The molecule has 10 nitrogen and oxygen atoms in total. The summed E-state index contributed by atoms with van der Waals surface area (Å²) in [5.41, 5.74) is 1.52. The van der Waals surface area contributed by atoms with Crippen LogP contribution in [0.5, 0.6) is 0 Å². The van der Waals surface area contributed by atoms with Crippen LogP contribution in [0.1, 0.15) is 20.3 Å². The second kappa shape index (κ2) is 12.4. The Bertz CT molecular complexity index is 1870. The molecule has 0 aromatic heterocycles. The lowest BCUT2D eigenvalue weighted by atomic mass is 9.93. The van der Waals surface area contributed by atoms with Crippen molar-refractivity contribution in [3.05, 3.63) is 78.7 Å². The van der Waals surface area contributed by atoms with Crippen molar-refractivity contribution in [1.29, 1.82) is 0 Å². The molecule has 0 fully saturated rings. The van der Waals surface area contributed by atoms with E-state index in [0.717, 1.165) is 30.6 Å². The number of carbonyl (C=O) groups excluding carboxylic acids is 1. The van der Waals surface area contributed by atoms with E-state index in [-0.39, 0.29) is 25.1 Å². The third kappa shape index (κ3) is 6.57. The molecule has 0 atom stereocenters. The summed E-state index contributed by atoms with van der Waals surface area (Å²) in [5.74, 6) is -0.153. The minimum Gasteiger partial charge on any atom is -0.744 e. The Morgan fingerprint density at radius 3 is 2.41 bits per heavy atom. The molecule has 4 rings (SSSR count). The number of fused-ring (bicyclic) bond motifs is 2. The summed E-state index contributed by atoms with van der Waals surface area (Å²) < 4.78 is 79.0. The summed E-state index contributed by atoms with van der Waals surface area (Å²) in [4.78, 5) is 10.1. The van der Waals surface area contributed by atoms with Gasteiger partial charge in [-0.3, -0.25) is 0 Å². The second-order valence-electron chi connectivity index (χ2n) is 9.06. The van der Waals surface area contributed by atoms with Gasteiger partial charge >= 0.3 is 5.97 Å². The number of esters is 1. The number of ether oxygens (including phenoxy) is 1. The molecule has 1 N–H and O–H groups in total. The van der Waals surface area contributed by atoms with Crippen LogP contribution >= 0.6 is 0 Å². The van der Waals surface area contributed by atoms with Crippen molar-refractivity contribution in [3.63, 3.8) is 0 Å². The average molecular weight is 599 g/mol. The van der Waals surface area contributed by atoms with Crippen LogP contribution in [0.2, 0.25) is 0 Å². The van der Waals surface area contributed by atoms with Crippen molar-refractivity contribution in [1.82, 2.24) is 9.30 Å². The Hall–Kier alpha value is -3.84. The Kier molecular flexibility index (Phi) is 9.08. The van der Waals surface area contributed by atoms with Gasteiger partial charge in [0.1, 0.15) is 34.6 Å². The van der Waals surface area contributed by atoms with Crippen LogP contribution in [-0.4, -0.2) is 53.6 Å². The van der Waals surface area contributed by atoms with Gasteiger partial charge in [0.05, 0.1) is 22.5 Å². The van der Waals surface area contributed by atoms with E-state index >= 15 is 0 Å². The Balaban J connectivity index is 1.86. The van der Waals surface area contributed by atoms with Crippen LogP contribution in [0, 0.1) is 0 Å². The third-order valence-electron chi connectivity index (χ3n) is 6.57. The van der Waals surface area contributed by atoms with Crippen LogP contribution in [0.15, 0.2) is 87.5 Å². The minimum absolute atomic E-state index is 0.0400. The normalized spacial score (nSPS) is 12.0. The van der Waals surface area contributed by atoms with E-state index in [1.54, 1.807) is 30.3 Å². The van der Waals surface area contributed by atoms with Gasteiger partial charge in [0, 0.05) is 40.8 Å². The first-order valence-corrected chi connectivity index (χ1v) is 15.8. The van der Waals surface area contributed by atoms with E-state index in [2.05, 4.69) is 15.9 Å². The molecule has 2 aromatic carbocycles.